The van der Waals surface area contributed by atoms with Gasteiger partial charge in [-0.2, -0.15) is 5.26 Å². The minimum atomic E-state index is -4.01. The number of sulfonamides is 1. The Balaban J connectivity index is 2.97. The molecule has 5 nitrogen and oxygen atoms in total. The number of nitrogens with zero attached hydrogens (tertiary/aromatic N) is 2. The highest BCUT2D eigenvalue weighted by Gasteiger charge is 2.23. The molecule has 0 aliphatic carbocycles. The summed E-state index contributed by atoms with van der Waals surface area (Å²) in [4.78, 5) is 3.49. The lowest BCUT2D eigenvalue weighted by Gasteiger charge is -2.13. The Bertz CT molecular complexity index is 525. The van der Waals surface area contributed by atoms with Crippen molar-refractivity contribution in [1.82, 2.24) is 9.71 Å². The van der Waals surface area contributed by atoms with Crippen LogP contribution in [0.5, 0.6) is 0 Å². The average molecular weight is 257 g/mol. The Labute approximate surface area is 99.3 Å². The molecule has 1 aromatic heterocycles. The number of halogens is 1. The number of pyridine rings is 1. The van der Waals surface area contributed by atoms with E-state index in [4.69, 9.17) is 5.26 Å². The Morgan fingerprint density at radius 3 is 2.88 bits per heavy atom. The van der Waals surface area contributed by atoms with Gasteiger partial charge >= 0.3 is 0 Å². The molecule has 1 aromatic rings. The van der Waals surface area contributed by atoms with Crippen molar-refractivity contribution in [1.29, 1.82) is 5.26 Å². The second-order valence-corrected chi connectivity index (χ2v) is 5.01. The van der Waals surface area contributed by atoms with Crippen LogP contribution in [0.3, 0.4) is 0 Å². The maximum absolute atomic E-state index is 13.3. The molecule has 0 bridgehead atoms. The van der Waals surface area contributed by atoms with Gasteiger partial charge in [0.2, 0.25) is 5.03 Å². The Kier molecular flexibility index (Phi) is 4.54. The van der Waals surface area contributed by atoms with E-state index in [1.165, 1.54) is 12.3 Å². The molecule has 0 spiro atoms. The van der Waals surface area contributed by atoms with Crippen molar-refractivity contribution >= 4 is 10.0 Å². The molecule has 92 valence electrons. The quantitative estimate of drug-likeness (QED) is 0.858. The van der Waals surface area contributed by atoms with Crippen molar-refractivity contribution in [2.24, 2.45) is 0 Å². The minimum Gasteiger partial charge on any atom is -0.241 e. The van der Waals surface area contributed by atoms with Crippen molar-refractivity contribution in [2.45, 2.75) is 30.8 Å². The van der Waals surface area contributed by atoms with E-state index in [-0.39, 0.29) is 6.42 Å². The molecule has 0 amide bonds. The number of nitriles is 1. The molecule has 0 aliphatic heterocycles. The van der Waals surface area contributed by atoms with Crippen molar-refractivity contribution in [2.75, 3.05) is 0 Å². The zero-order valence-electron chi connectivity index (χ0n) is 9.22. The molecule has 1 atom stereocenters. The van der Waals surface area contributed by atoms with Crippen molar-refractivity contribution < 1.29 is 12.8 Å². The first-order chi connectivity index (χ1) is 8.01. The number of nitrogens with one attached hydrogen (secondary N) is 1. The monoisotopic (exact) mass is 257 g/mol. The lowest BCUT2D eigenvalue weighted by molar-refractivity contribution is 0.522. The summed E-state index contributed by atoms with van der Waals surface area (Å²) in [5, 5.41) is 7.87. The fourth-order valence-corrected chi connectivity index (χ4v) is 2.55. The molecular weight excluding hydrogens is 245 g/mol. The number of rotatable bonds is 5. The topological polar surface area (TPSA) is 82.9 Å². The minimum absolute atomic E-state index is 0.0319. The molecule has 0 saturated carbocycles. The summed E-state index contributed by atoms with van der Waals surface area (Å²) in [5.74, 6) is -0.910. The van der Waals surface area contributed by atoms with Crippen molar-refractivity contribution in [3.63, 3.8) is 0 Å². The highest BCUT2D eigenvalue weighted by atomic mass is 32.2. The van der Waals surface area contributed by atoms with Gasteiger partial charge in [0.1, 0.15) is 0 Å². The molecule has 0 radical (unpaired) electrons. The van der Waals surface area contributed by atoms with Gasteiger partial charge in [-0.05, 0) is 18.6 Å². The van der Waals surface area contributed by atoms with Gasteiger partial charge in [-0.1, -0.05) is 6.92 Å². The summed E-state index contributed by atoms with van der Waals surface area (Å²) in [6.45, 7) is 1.74. The van der Waals surface area contributed by atoms with E-state index in [0.29, 0.717) is 6.42 Å². The van der Waals surface area contributed by atoms with Crippen LogP contribution in [0.4, 0.5) is 4.39 Å². The number of hydrogen-bond donors (Lipinski definition) is 1. The summed E-state index contributed by atoms with van der Waals surface area (Å²) in [6.07, 6.45) is 1.67. The van der Waals surface area contributed by atoms with E-state index in [2.05, 4.69) is 9.71 Å². The number of aromatic nitrogens is 1. The zero-order valence-corrected chi connectivity index (χ0v) is 10.0. The maximum Gasteiger partial charge on any atom is 0.261 e. The summed E-state index contributed by atoms with van der Waals surface area (Å²) in [5.41, 5.74) is 0. The first kappa shape index (κ1) is 13.5. The average Bonchev–Trinajstić information content (AvgIpc) is 2.28. The molecule has 0 saturated heterocycles. The van der Waals surface area contributed by atoms with Crippen LogP contribution in [0.15, 0.2) is 23.4 Å². The van der Waals surface area contributed by atoms with E-state index < -0.39 is 26.9 Å². The Morgan fingerprint density at radius 1 is 1.65 bits per heavy atom. The summed E-state index contributed by atoms with van der Waals surface area (Å²) in [6, 6.07) is 3.66. The van der Waals surface area contributed by atoms with Crippen LogP contribution in [0, 0.1) is 17.1 Å². The normalized spacial score (nSPS) is 13.0. The smallest absolute Gasteiger partial charge is 0.241 e. The zero-order chi connectivity index (χ0) is 12.9. The second kappa shape index (κ2) is 5.70. The van der Waals surface area contributed by atoms with Gasteiger partial charge in [0, 0.05) is 12.2 Å². The second-order valence-electron chi connectivity index (χ2n) is 3.38. The molecular formula is C10H12FN3O2S. The van der Waals surface area contributed by atoms with Gasteiger partial charge in [-0.15, -0.1) is 0 Å². The summed E-state index contributed by atoms with van der Waals surface area (Å²) >= 11 is 0. The third-order valence-corrected chi connectivity index (χ3v) is 3.58. The van der Waals surface area contributed by atoms with E-state index in [9.17, 15) is 12.8 Å². The maximum atomic E-state index is 13.3. The predicted molar refractivity (Wildman–Crippen MR) is 58.8 cm³/mol. The highest BCUT2D eigenvalue weighted by Crippen LogP contribution is 2.11. The summed E-state index contributed by atoms with van der Waals surface area (Å²) in [7, 11) is -4.01. The highest BCUT2D eigenvalue weighted by molar-refractivity contribution is 7.89. The summed E-state index contributed by atoms with van der Waals surface area (Å²) < 4.78 is 39.1. The van der Waals surface area contributed by atoms with Crippen LogP contribution in [0.2, 0.25) is 0 Å². The lowest BCUT2D eigenvalue weighted by atomic mass is 10.2. The van der Waals surface area contributed by atoms with E-state index in [0.717, 1.165) is 6.07 Å². The first-order valence-corrected chi connectivity index (χ1v) is 6.49. The third-order valence-electron chi connectivity index (χ3n) is 2.13. The van der Waals surface area contributed by atoms with Gasteiger partial charge in [0.25, 0.3) is 10.0 Å². The fourth-order valence-electron chi connectivity index (χ4n) is 1.22. The van der Waals surface area contributed by atoms with E-state index >= 15 is 0 Å². The van der Waals surface area contributed by atoms with Gasteiger partial charge in [0.05, 0.1) is 12.5 Å². The van der Waals surface area contributed by atoms with Gasteiger partial charge in [0.15, 0.2) is 5.82 Å². The SMILES string of the molecule is CCC(CC#N)NS(=O)(=O)c1ncccc1F. The van der Waals surface area contributed by atoms with Crippen LogP contribution in [0.1, 0.15) is 19.8 Å². The standard InChI is InChI=1S/C10H12FN3O2S/c1-2-8(5-6-12)14-17(15,16)10-9(11)4-3-7-13-10/h3-4,7-8,14H,2,5H2,1H3. The molecule has 0 fully saturated rings. The molecule has 0 aromatic carbocycles. The van der Waals surface area contributed by atoms with Crippen LogP contribution in [0.25, 0.3) is 0 Å². The van der Waals surface area contributed by atoms with Crippen LogP contribution < -0.4 is 4.72 Å². The van der Waals surface area contributed by atoms with Crippen LogP contribution >= 0.6 is 0 Å². The molecule has 1 rings (SSSR count). The van der Waals surface area contributed by atoms with Gasteiger partial charge in [-0.25, -0.2) is 22.5 Å². The lowest BCUT2D eigenvalue weighted by Crippen LogP contribution is -2.35. The van der Waals surface area contributed by atoms with E-state index in [1.807, 2.05) is 6.07 Å². The van der Waals surface area contributed by atoms with E-state index in [1.54, 1.807) is 6.92 Å². The molecule has 17 heavy (non-hydrogen) atoms. The van der Waals surface area contributed by atoms with Gasteiger partial charge in [-0.3, -0.25) is 0 Å². The molecule has 1 unspecified atom stereocenters. The molecule has 1 heterocycles. The van der Waals surface area contributed by atoms with Crippen LogP contribution in [-0.4, -0.2) is 19.4 Å². The molecule has 1 N–H and O–H groups in total. The van der Waals surface area contributed by atoms with Gasteiger partial charge < -0.3 is 0 Å². The number of hydrogen-bond acceptors (Lipinski definition) is 4. The molecule has 0 aliphatic rings. The van der Waals surface area contributed by atoms with Crippen molar-refractivity contribution in [3.05, 3.63) is 24.1 Å². The first-order valence-electron chi connectivity index (χ1n) is 5.01. The fraction of sp³-hybridized carbons (Fsp3) is 0.400. The predicted octanol–water partition coefficient (Wildman–Crippen LogP) is 1.19. The molecule has 7 heteroatoms. The Hall–Kier alpha value is -1.52. The van der Waals surface area contributed by atoms with Crippen molar-refractivity contribution in [3.8, 4) is 6.07 Å². The largest absolute Gasteiger partial charge is 0.261 e. The van der Waals surface area contributed by atoms with Crippen LogP contribution in [-0.2, 0) is 10.0 Å². The Morgan fingerprint density at radius 2 is 2.35 bits per heavy atom. The third kappa shape index (κ3) is 3.47.